The Morgan fingerprint density at radius 2 is 1.72 bits per heavy atom. The molecule has 0 bridgehead atoms. The van der Waals surface area contributed by atoms with Crippen LogP contribution in [-0.4, -0.2) is 21.2 Å². The van der Waals surface area contributed by atoms with Crippen molar-refractivity contribution in [1.29, 1.82) is 0 Å². The van der Waals surface area contributed by atoms with Gasteiger partial charge in [-0.15, -0.1) is 11.3 Å². The summed E-state index contributed by atoms with van der Waals surface area (Å²) in [5, 5.41) is 4.37. The van der Waals surface area contributed by atoms with E-state index in [2.05, 4.69) is 10.3 Å². The molecule has 0 spiro atoms. The van der Waals surface area contributed by atoms with Gasteiger partial charge in [-0.3, -0.25) is 9.36 Å². The second-order valence-electron chi connectivity index (χ2n) is 8.13. The lowest BCUT2D eigenvalue weighted by Gasteiger charge is -2.22. The number of thiophene rings is 1. The highest BCUT2D eigenvalue weighted by atomic mass is 32.2. The first-order valence-corrected chi connectivity index (χ1v) is 12.7. The number of carbonyl (C=O) groups is 1. The van der Waals surface area contributed by atoms with Crippen molar-refractivity contribution in [3.8, 4) is 0 Å². The van der Waals surface area contributed by atoms with E-state index in [1.165, 1.54) is 11.3 Å². The van der Waals surface area contributed by atoms with Crippen molar-refractivity contribution in [2.75, 3.05) is 11.1 Å². The Balaban J connectivity index is 1.53. The first kappa shape index (κ1) is 26.3. The van der Waals surface area contributed by atoms with E-state index in [1.807, 2.05) is 17.5 Å². The number of benzene rings is 1. The number of aromatic nitrogens is 2. The number of hydrogen-bond donors (Lipinski definition) is 1. The van der Waals surface area contributed by atoms with Gasteiger partial charge in [-0.1, -0.05) is 17.8 Å². The molecule has 0 fully saturated rings. The molecule has 1 aromatic carbocycles. The third kappa shape index (κ3) is 6.12. The Morgan fingerprint density at radius 1 is 1.06 bits per heavy atom. The second kappa shape index (κ2) is 10.3. The van der Waals surface area contributed by atoms with E-state index in [1.54, 1.807) is 4.57 Å². The van der Waals surface area contributed by atoms with Crippen molar-refractivity contribution >= 4 is 34.7 Å². The van der Waals surface area contributed by atoms with Gasteiger partial charge in [-0.2, -0.15) is 31.3 Å². The normalized spacial score (nSPS) is 13.9. The van der Waals surface area contributed by atoms with Gasteiger partial charge in [0.15, 0.2) is 0 Å². The van der Waals surface area contributed by atoms with Crippen LogP contribution < -0.4 is 11.0 Å². The Morgan fingerprint density at radius 3 is 2.33 bits per heavy atom. The van der Waals surface area contributed by atoms with E-state index in [0.717, 1.165) is 40.7 Å². The molecule has 0 saturated heterocycles. The first-order valence-electron chi connectivity index (χ1n) is 10.8. The van der Waals surface area contributed by atoms with Crippen LogP contribution in [0.5, 0.6) is 0 Å². The van der Waals surface area contributed by atoms with E-state index >= 15 is 0 Å². The number of carbonyl (C=O) groups excluding carboxylic acids is 1. The van der Waals surface area contributed by atoms with Gasteiger partial charge >= 0.3 is 18.0 Å². The van der Waals surface area contributed by atoms with Crippen LogP contribution in [-0.2, 0) is 36.5 Å². The summed E-state index contributed by atoms with van der Waals surface area (Å²) >= 11 is 2.45. The van der Waals surface area contributed by atoms with Crippen molar-refractivity contribution in [3.63, 3.8) is 0 Å². The summed E-state index contributed by atoms with van der Waals surface area (Å²) < 4.78 is 80.0. The predicted molar refractivity (Wildman–Crippen MR) is 124 cm³/mol. The summed E-state index contributed by atoms with van der Waals surface area (Å²) in [5.74, 6) is -1.16. The number of fused-ring (bicyclic) bond motifs is 1. The van der Waals surface area contributed by atoms with Gasteiger partial charge in [0, 0.05) is 21.8 Å². The number of nitrogens with one attached hydrogen (secondary N) is 1. The summed E-state index contributed by atoms with van der Waals surface area (Å²) in [4.78, 5) is 30.3. The molecule has 3 aromatic rings. The number of alkyl halides is 6. The summed E-state index contributed by atoms with van der Waals surface area (Å²) in [6, 6.07) is 4.69. The SMILES string of the molecule is O=C(CSc1nc(=O)n(Cc2cccs2)c2c1CCCC2)Nc1cc(C(F)(F)F)cc(C(F)(F)F)c1. The zero-order chi connectivity index (χ0) is 26.1. The van der Waals surface area contributed by atoms with Crippen LogP contribution in [0.3, 0.4) is 0 Å². The van der Waals surface area contributed by atoms with Crippen molar-refractivity contribution < 1.29 is 31.1 Å². The molecular formula is C23H19F6N3O2S2. The molecule has 1 amide bonds. The van der Waals surface area contributed by atoms with E-state index in [4.69, 9.17) is 0 Å². The number of anilines is 1. The molecule has 1 aliphatic rings. The third-order valence-corrected chi connectivity index (χ3v) is 7.44. The van der Waals surface area contributed by atoms with Gasteiger partial charge in [-0.25, -0.2) is 4.79 Å². The fourth-order valence-electron chi connectivity index (χ4n) is 3.95. The molecule has 5 nitrogen and oxygen atoms in total. The molecule has 0 atom stereocenters. The van der Waals surface area contributed by atoms with Gasteiger partial charge in [-0.05, 0) is 55.3 Å². The highest BCUT2D eigenvalue weighted by Crippen LogP contribution is 2.37. The Labute approximate surface area is 209 Å². The molecular weight excluding hydrogens is 528 g/mol. The van der Waals surface area contributed by atoms with Gasteiger partial charge in [0.25, 0.3) is 0 Å². The van der Waals surface area contributed by atoms with Gasteiger partial charge in [0.2, 0.25) is 5.91 Å². The van der Waals surface area contributed by atoms with Gasteiger partial charge in [0.05, 0.1) is 23.4 Å². The molecule has 192 valence electrons. The predicted octanol–water partition coefficient (Wildman–Crippen LogP) is 6.00. The molecule has 0 unspecified atom stereocenters. The number of amides is 1. The number of nitrogens with zero attached hydrogens (tertiary/aromatic N) is 2. The molecule has 0 aliphatic heterocycles. The van der Waals surface area contributed by atoms with Crippen LogP contribution in [0.1, 0.15) is 40.1 Å². The molecule has 4 rings (SSSR count). The average Bonchev–Trinajstić information content (AvgIpc) is 3.32. The maximum absolute atomic E-state index is 13.1. The van der Waals surface area contributed by atoms with E-state index in [0.29, 0.717) is 36.5 Å². The highest BCUT2D eigenvalue weighted by Gasteiger charge is 2.37. The van der Waals surface area contributed by atoms with Crippen LogP contribution in [0.2, 0.25) is 0 Å². The van der Waals surface area contributed by atoms with E-state index in [9.17, 15) is 35.9 Å². The Kier molecular flexibility index (Phi) is 7.51. The van der Waals surface area contributed by atoms with Gasteiger partial charge < -0.3 is 5.32 Å². The molecule has 1 aliphatic carbocycles. The maximum Gasteiger partial charge on any atom is 0.416 e. The lowest BCUT2D eigenvalue weighted by molar-refractivity contribution is -0.143. The van der Waals surface area contributed by atoms with Crippen LogP contribution in [0.4, 0.5) is 32.0 Å². The maximum atomic E-state index is 13.1. The highest BCUT2D eigenvalue weighted by molar-refractivity contribution is 8.00. The molecule has 2 aromatic heterocycles. The molecule has 0 radical (unpaired) electrons. The van der Waals surface area contributed by atoms with Crippen molar-refractivity contribution in [2.45, 2.75) is 49.6 Å². The fourth-order valence-corrected chi connectivity index (χ4v) is 5.52. The number of hydrogen-bond acceptors (Lipinski definition) is 5. The average molecular weight is 548 g/mol. The number of rotatable bonds is 6. The topological polar surface area (TPSA) is 64.0 Å². The lowest BCUT2D eigenvalue weighted by Crippen LogP contribution is -2.30. The minimum absolute atomic E-state index is 0.00814. The first-order chi connectivity index (χ1) is 16.9. The smallest absolute Gasteiger partial charge is 0.325 e. The number of thioether (sulfide) groups is 1. The van der Waals surface area contributed by atoms with Gasteiger partial charge in [0.1, 0.15) is 5.03 Å². The van der Waals surface area contributed by atoms with E-state index < -0.39 is 40.8 Å². The minimum Gasteiger partial charge on any atom is -0.325 e. The largest absolute Gasteiger partial charge is 0.416 e. The molecule has 13 heteroatoms. The quantitative estimate of drug-likeness (QED) is 0.234. The van der Waals surface area contributed by atoms with Crippen molar-refractivity contribution in [2.24, 2.45) is 0 Å². The molecule has 0 saturated carbocycles. The summed E-state index contributed by atoms with van der Waals surface area (Å²) in [5.41, 5.74) is -2.46. The monoisotopic (exact) mass is 547 g/mol. The standard InChI is InChI=1S/C23H19F6N3O2S2/c24-22(25,26)13-8-14(23(27,28)29)10-15(9-13)30-19(33)12-36-20-17-5-1-2-6-18(17)32(21(34)31-20)11-16-4-3-7-35-16/h3-4,7-10H,1-2,5-6,11-12H2,(H,30,33). The molecule has 2 heterocycles. The minimum atomic E-state index is -5.02. The fraction of sp³-hybridized carbons (Fsp3) is 0.348. The Hall–Kier alpha value is -2.80. The van der Waals surface area contributed by atoms with Crippen molar-refractivity contribution in [1.82, 2.24) is 9.55 Å². The summed E-state index contributed by atoms with van der Waals surface area (Å²) in [6.07, 6.45) is -6.96. The zero-order valence-corrected chi connectivity index (χ0v) is 20.1. The second-order valence-corrected chi connectivity index (χ2v) is 10.1. The number of halogens is 6. The Bertz CT molecular complexity index is 1280. The van der Waals surface area contributed by atoms with E-state index in [-0.39, 0.29) is 11.8 Å². The third-order valence-electron chi connectivity index (χ3n) is 5.56. The van der Waals surface area contributed by atoms with Crippen LogP contribution in [0, 0.1) is 0 Å². The van der Waals surface area contributed by atoms with Crippen LogP contribution in [0.15, 0.2) is 45.5 Å². The summed E-state index contributed by atoms with van der Waals surface area (Å²) in [7, 11) is 0. The van der Waals surface area contributed by atoms with Crippen LogP contribution in [0.25, 0.3) is 0 Å². The van der Waals surface area contributed by atoms with Crippen LogP contribution >= 0.6 is 23.1 Å². The molecule has 1 N–H and O–H groups in total. The lowest BCUT2D eigenvalue weighted by atomic mass is 9.97. The molecule has 36 heavy (non-hydrogen) atoms. The zero-order valence-electron chi connectivity index (χ0n) is 18.5. The van der Waals surface area contributed by atoms with Crippen molar-refractivity contribution in [3.05, 3.63) is 73.5 Å². The summed E-state index contributed by atoms with van der Waals surface area (Å²) in [6.45, 7) is 0.383.